The number of nitrogens with one attached hydrogen (secondary N) is 1. The van der Waals surface area contributed by atoms with Crippen LogP contribution in [0.3, 0.4) is 0 Å². The number of rotatable bonds is 6. The van der Waals surface area contributed by atoms with Crippen LogP contribution in [0.5, 0.6) is 0 Å². The van der Waals surface area contributed by atoms with E-state index in [1.165, 1.54) is 35.2 Å². The average molecular weight is 407 g/mol. The van der Waals surface area contributed by atoms with Gasteiger partial charge in [0.05, 0.1) is 6.04 Å². The van der Waals surface area contributed by atoms with Crippen LogP contribution in [0.25, 0.3) is 10.9 Å². The monoisotopic (exact) mass is 406 g/mol. The number of aromatic nitrogens is 1. The summed E-state index contributed by atoms with van der Waals surface area (Å²) in [4.78, 5) is 31.0. The maximum atomic E-state index is 13.1. The molecule has 2 heterocycles. The minimum atomic E-state index is -0.374. The summed E-state index contributed by atoms with van der Waals surface area (Å²) in [5.74, 6) is -0.0717. The number of carbonyl (C=O) groups excluding carboxylic acids is 2. The smallest absolute Gasteiger partial charge is 0.223 e. The molecule has 4 nitrogen and oxygen atoms in total. The maximum absolute atomic E-state index is 13.1. The molecule has 2 aromatic carbocycles. The Morgan fingerprint density at radius 1 is 1.10 bits per heavy atom. The van der Waals surface area contributed by atoms with Crippen LogP contribution in [0.2, 0.25) is 0 Å². The molecular formula is C25H27FN2O2. The highest BCUT2D eigenvalue weighted by Gasteiger charge is 2.33. The highest BCUT2D eigenvalue weighted by atomic mass is 19.1. The molecule has 0 saturated heterocycles. The highest BCUT2D eigenvalue weighted by molar-refractivity contribution is 5.98. The fourth-order valence-corrected chi connectivity index (χ4v) is 4.45. The third-order valence-electron chi connectivity index (χ3n) is 5.91. The van der Waals surface area contributed by atoms with E-state index in [9.17, 15) is 14.0 Å². The summed E-state index contributed by atoms with van der Waals surface area (Å²) in [5, 5.41) is 1.24. The largest absolute Gasteiger partial charge is 0.356 e. The third-order valence-corrected chi connectivity index (χ3v) is 5.91. The Hall–Kier alpha value is -2.95. The van der Waals surface area contributed by atoms with Gasteiger partial charge in [0.15, 0.2) is 5.78 Å². The highest BCUT2D eigenvalue weighted by Crippen LogP contribution is 2.38. The van der Waals surface area contributed by atoms with Crippen LogP contribution in [-0.4, -0.2) is 28.1 Å². The molecule has 0 spiro atoms. The Morgan fingerprint density at radius 2 is 1.83 bits per heavy atom. The fraction of sp³-hybridized carbons (Fsp3) is 0.360. The SMILES string of the molecule is CC(C)CC1c2[nH]c3ccccc3c2CCN1C(=O)CCC(=O)c1ccc(F)cc1. The molecule has 30 heavy (non-hydrogen) atoms. The molecule has 0 fully saturated rings. The second-order valence-corrected chi connectivity index (χ2v) is 8.48. The summed E-state index contributed by atoms with van der Waals surface area (Å²) in [7, 11) is 0. The van der Waals surface area contributed by atoms with Gasteiger partial charge < -0.3 is 9.88 Å². The first-order chi connectivity index (χ1) is 14.4. The van der Waals surface area contributed by atoms with Crippen molar-refractivity contribution in [3.05, 3.63) is 71.2 Å². The lowest BCUT2D eigenvalue weighted by Crippen LogP contribution is -2.40. The first-order valence-corrected chi connectivity index (χ1v) is 10.6. The number of halogens is 1. The number of ketones is 1. The summed E-state index contributed by atoms with van der Waals surface area (Å²) in [6.07, 6.45) is 1.98. The van der Waals surface area contributed by atoms with Crippen molar-refractivity contribution in [1.82, 2.24) is 9.88 Å². The molecule has 156 valence electrons. The molecule has 1 unspecified atom stereocenters. The number of para-hydroxylation sites is 1. The van der Waals surface area contributed by atoms with Gasteiger partial charge in [0.25, 0.3) is 0 Å². The van der Waals surface area contributed by atoms with E-state index < -0.39 is 0 Å². The van der Waals surface area contributed by atoms with Crippen LogP contribution < -0.4 is 0 Å². The van der Waals surface area contributed by atoms with Crippen molar-refractivity contribution < 1.29 is 14.0 Å². The van der Waals surface area contributed by atoms with Gasteiger partial charge in [-0.15, -0.1) is 0 Å². The zero-order valence-electron chi connectivity index (χ0n) is 17.5. The minimum absolute atomic E-state index is 0.000387. The van der Waals surface area contributed by atoms with Crippen molar-refractivity contribution >= 4 is 22.6 Å². The van der Waals surface area contributed by atoms with Crippen LogP contribution in [0.1, 0.15) is 60.8 Å². The summed E-state index contributed by atoms with van der Waals surface area (Å²) >= 11 is 0. The molecule has 0 bridgehead atoms. The molecule has 1 N–H and O–H groups in total. The van der Waals surface area contributed by atoms with E-state index in [-0.39, 0.29) is 36.4 Å². The van der Waals surface area contributed by atoms with Crippen LogP contribution in [-0.2, 0) is 11.2 Å². The number of hydrogen-bond acceptors (Lipinski definition) is 2. The summed E-state index contributed by atoms with van der Waals surface area (Å²) in [6, 6.07) is 13.8. The normalized spacial score (nSPS) is 16.1. The fourth-order valence-electron chi connectivity index (χ4n) is 4.45. The number of fused-ring (bicyclic) bond motifs is 3. The number of amides is 1. The van der Waals surface area contributed by atoms with Crippen LogP contribution in [0, 0.1) is 11.7 Å². The molecule has 0 aliphatic carbocycles. The Morgan fingerprint density at radius 3 is 2.57 bits per heavy atom. The van der Waals surface area contributed by atoms with Crippen molar-refractivity contribution in [1.29, 1.82) is 0 Å². The molecule has 4 rings (SSSR count). The van der Waals surface area contributed by atoms with E-state index in [1.807, 2.05) is 17.0 Å². The van der Waals surface area contributed by atoms with E-state index >= 15 is 0 Å². The maximum Gasteiger partial charge on any atom is 0.223 e. The molecule has 5 heteroatoms. The van der Waals surface area contributed by atoms with Crippen LogP contribution >= 0.6 is 0 Å². The zero-order valence-corrected chi connectivity index (χ0v) is 17.5. The molecule has 0 radical (unpaired) electrons. The third kappa shape index (κ3) is 4.02. The summed E-state index contributed by atoms with van der Waals surface area (Å²) in [5.41, 5.74) is 3.99. The number of H-pyrrole nitrogens is 1. The van der Waals surface area contributed by atoms with E-state index in [1.54, 1.807) is 0 Å². The van der Waals surface area contributed by atoms with Crippen molar-refractivity contribution in [2.75, 3.05) is 6.54 Å². The molecule has 1 aromatic heterocycles. The molecule has 1 aliphatic heterocycles. The molecule has 3 aromatic rings. The topological polar surface area (TPSA) is 53.2 Å². The van der Waals surface area contributed by atoms with E-state index in [4.69, 9.17) is 0 Å². The van der Waals surface area contributed by atoms with E-state index in [0.29, 0.717) is 18.0 Å². The number of Topliss-reactive ketones (excluding diaryl/α,β-unsaturated/α-hetero) is 1. The first kappa shape index (κ1) is 20.3. The van der Waals surface area contributed by atoms with Gasteiger partial charge >= 0.3 is 0 Å². The standard InChI is InChI=1S/C25H27FN2O2/c1-16(2)15-22-25-20(19-5-3-4-6-21(19)27-25)13-14-28(22)24(30)12-11-23(29)17-7-9-18(26)10-8-17/h3-10,16,22,27H,11-15H2,1-2H3. The number of aromatic amines is 1. The summed E-state index contributed by atoms with van der Waals surface area (Å²) < 4.78 is 13.1. The van der Waals surface area contributed by atoms with Gasteiger partial charge in [-0.2, -0.15) is 0 Å². The molecular weight excluding hydrogens is 379 g/mol. The van der Waals surface area contributed by atoms with Gasteiger partial charge in [-0.1, -0.05) is 32.0 Å². The van der Waals surface area contributed by atoms with Crippen LogP contribution in [0.4, 0.5) is 4.39 Å². The van der Waals surface area contributed by atoms with Crippen molar-refractivity contribution in [2.24, 2.45) is 5.92 Å². The van der Waals surface area contributed by atoms with Gasteiger partial charge in [0, 0.05) is 41.5 Å². The van der Waals surface area contributed by atoms with Gasteiger partial charge in [0.2, 0.25) is 5.91 Å². The molecule has 0 saturated carbocycles. The predicted molar refractivity (Wildman–Crippen MR) is 116 cm³/mol. The van der Waals surface area contributed by atoms with Gasteiger partial charge in [0.1, 0.15) is 5.82 Å². The van der Waals surface area contributed by atoms with Gasteiger partial charge in [-0.25, -0.2) is 4.39 Å². The van der Waals surface area contributed by atoms with Crippen LogP contribution in [0.15, 0.2) is 48.5 Å². The van der Waals surface area contributed by atoms with E-state index in [0.717, 1.165) is 24.1 Å². The van der Waals surface area contributed by atoms with Gasteiger partial charge in [-0.05, 0) is 54.7 Å². The Labute approximate surface area is 176 Å². The second kappa shape index (κ2) is 8.42. The van der Waals surface area contributed by atoms with E-state index in [2.05, 4.69) is 31.0 Å². The lowest BCUT2D eigenvalue weighted by molar-refractivity contribution is -0.134. The number of benzene rings is 2. The molecule has 1 aliphatic rings. The quantitative estimate of drug-likeness (QED) is 0.554. The number of hydrogen-bond donors (Lipinski definition) is 1. The van der Waals surface area contributed by atoms with Gasteiger partial charge in [-0.3, -0.25) is 9.59 Å². The lowest BCUT2D eigenvalue weighted by Gasteiger charge is -2.37. The second-order valence-electron chi connectivity index (χ2n) is 8.48. The van der Waals surface area contributed by atoms with Crippen molar-refractivity contribution in [2.45, 2.75) is 45.6 Å². The van der Waals surface area contributed by atoms with Crippen molar-refractivity contribution in [3.8, 4) is 0 Å². The Bertz CT molecular complexity index is 1070. The molecule has 1 amide bonds. The predicted octanol–water partition coefficient (Wildman–Crippen LogP) is 5.44. The Kier molecular flexibility index (Phi) is 5.71. The zero-order chi connectivity index (χ0) is 21.3. The minimum Gasteiger partial charge on any atom is -0.356 e. The molecule has 1 atom stereocenters. The lowest BCUT2D eigenvalue weighted by atomic mass is 9.91. The average Bonchev–Trinajstić information content (AvgIpc) is 3.11. The van der Waals surface area contributed by atoms with Crippen molar-refractivity contribution in [3.63, 3.8) is 0 Å². The number of carbonyl (C=O) groups is 2. The number of nitrogens with zero attached hydrogens (tertiary/aromatic N) is 1. The Balaban J connectivity index is 1.52. The summed E-state index contributed by atoms with van der Waals surface area (Å²) in [6.45, 7) is 4.99. The first-order valence-electron chi connectivity index (χ1n) is 10.6.